The van der Waals surface area contributed by atoms with Gasteiger partial charge >= 0.3 is 0 Å². The predicted molar refractivity (Wildman–Crippen MR) is 92.2 cm³/mol. The Morgan fingerprint density at radius 3 is 2.32 bits per heavy atom. The molecule has 0 fully saturated rings. The summed E-state index contributed by atoms with van der Waals surface area (Å²) in [6, 6.07) is 12.9. The zero-order valence-electron chi connectivity index (χ0n) is 13.5. The van der Waals surface area contributed by atoms with E-state index in [2.05, 4.69) is 13.8 Å². The molecule has 0 saturated carbocycles. The topological polar surface area (TPSA) is 40.5 Å². The van der Waals surface area contributed by atoms with Crippen LogP contribution in [0.5, 0.6) is 11.5 Å². The zero-order valence-corrected chi connectivity index (χ0v) is 13.5. The van der Waals surface area contributed by atoms with Crippen LogP contribution in [0.3, 0.4) is 0 Å². The van der Waals surface area contributed by atoms with E-state index in [4.69, 9.17) is 0 Å². The summed E-state index contributed by atoms with van der Waals surface area (Å²) >= 11 is 0. The standard InChI is InChI=1S/C20H26O2/c1-3-5-8-15(4-2)13-16-11-12-20(22)18(14-16)17-9-6-7-10-19(17)21/h6-7,9-12,14-15,21-22H,3-5,8,13H2,1-2H3. The Morgan fingerprint density at radius 2 is 1.64 bits per heavy atom. The van der Waals surface area contributed by atoms with E-state index in [1.165, 1.54) is 31.2 Å². The first-order valence-electron chi connectivity index (χ1n) is 8.26. The van der Waals surface area contributed by atoms with Gasteiger partial charge in [-0.1, -0.05) is 63.8 Å². The lowest BCUT2D eigenvalue weighted by Gasteiger charge is -2.16. The average molecular weight is 298 g/mol. The summed E-state index contributed by atoms with van der Waals surface area (Å²) in [5.41, 5.74) is 2.61. The van der Waals surface area contributed by atoms with E-state index in [1.54, 1.807) is 18.2 Å². The minimum atomic E-state index is 0.202. The maximum Gasteiger partial charge on any atom is 0.123 e. The van der Waals surface area contributed by atoms with Gasteiger partial charge in [-0.05, 0) is 36.1 Å². The van der Waals surface area contributed by atoms with Crippen LogP contribution in [0.1, 0.15) is 45.1 Å². The Hall–Kier alpha value is -1.96. The summed E-state index contributed by atoms with van der Waals surface area (Å²) in [5.74, 6) is 1.10. The molecule has 0 radical (unpaired) electrons. The molecule has 1 unspecified atom stereocenters. The van der Waals surface area contributed by atoms with Crippen molar-refractivity contribution in [1.82, 2.24) is 0 Å². The molecule has 0 aliphatic carbocycles. The quantitative estimate of drug-likeness (QED) is 0.706. The van der Waals surface area contributed by atoms with Crippen molar-refractivity contribution in [3.05, 3.63) is 48.0 Å². The normalized spacial score (nSPS) is 12.3. The fraction of sp³-hybridized carbons (Fsp3) is 0.400. The molecule has 0 heterocycles. The van der Waals surface area contributed by atoms with Crippen molar-refractivity contribution >= 4 is 0 Å². The molecule has 0 saturated heterocycles. The average Bonchev–Trinajstić information content (AvgIpc) is 2.53. The van der Waals surface area contributed by atoms with Gasteiger partial charge in [0.1, 0.15) is 11.5 Å². The van der Waals surface area contributed by atoms with Crippen LogP contribution in [-0.2, 0) is 6.42 Å². The summed E-state index contributed by atoms with van der Waals surface area (Å²) in [7, 11) is 0. The molecule has 2 heteroatoms. The second kappa shape index (κ2) is 7.88. The highest BCUT2D eigenvalue weighted by Crippen LogP contribution is 2.36. The summed E-state index contributed by atoms with van der Waals surface area (Å²) < 4.78 is 0. The van der Waals surface area contributed by atoms with Crippen LogP contribution in [0.15, 0.2) is 42.5 Å². The van der Waals surface area contributed by atoms with Crippen molar-refractivity contribution in [2.45, 2.75) is 46.0 Å². The third kappa shape index (κ3) is 4.03. The molecule has 2 nitrogen and oxygen atoms in total. The molecule has 2 rings (SSSR count). The molecule has 0 bridgehead atoms. The third-order valence-electron chi connectivity index (χ3n) is 4.32. The molecule has 0 amide bonds. The minimum Gasteiger partial charge on any atom is -0.507 e. The van der Waals surface area contributed by atoms with Gasteiger partial charge in [-0.3, -0.25) is 0 Å². The van der Waals surface area contributed by atoms with Crippen molar-refractivity contribution in [3.63, 3.8) is 0 Å². The number of aromatic hydroxyl groups is 2. The van der Waals surface area contributed by atoms with Crippen LogP contribution >= 0.6 is 0 Å². The first-order valence-corrected chi connectivity index (χ1v) is 8.26. The van der Waals surface area contributed by atoms with Gasteiger partial charge in [0.2, 0.25) is 0 Å². The Morgan fingerprint density at radius 1 is 0.909 bits per heavy atom. The van der Waals surface area contributed by atoms with Crippen molar-refractivity contribution in [1.29, 1.82) is 0 Å². The highest BCUT2D eigenvalue weighted by Gasteiger charge is 2.12. The number of phenols is 2. The van der Waals surface area contributed by atoms with Crippen molar-refractivity contribution in [2.75, 3.05) is 0 Å². The fourth-order valence-electron chi connectivity index (χ4n) is 2.90. The van der Waals surface area contributed by atoms with Crippen LogP contribution in [0, 0.1) is 5.92 Å². The largest absolute Gasteiger partial charge is 0.507 e. The first-order chi connectivity index (χ1) is 10.7. The molecule has 0 aromatic heterocycles. The van der Waals surface area contributed by atoms with Crippen LogP contribution in [-0.4, -0.2) is 10.2 Å². The van der Waals surface area contributed by atoms with E-state index >= 15 is 0 Å². The number of hydrogen-bond acceptors (Lipinski definition) is 2. The van der Waals surface area contributed by atoms with Gasteiger partial charge in [0.15, 0.2) is 0 Å². The highest BCUT2D eigenvalue weighted by molar-refractivity contribution is 5.75. The molecule has 2 aromatic rings. The molecule has 0 aliphatic rings. The summed E-state index contributed by atoms with van der Waals surface area (Å²) in [5, 5.41) is 20.1. The lowest BCUT2D eigenvalue weighted by molar-refractivity contribution is 0.448. The highest BCUT2D eigenvalue weighted by atomic mass is 16.3. The summed E-state index contributed by atoms with van der Waals surface area (Å²) in [4.78, 5) is 0. The Kier molecular flexibility index (Phi) is 5.88. The molecular weight excluding hydrogens is 272 g/mol. The summed E-state index contributed by atoms with van der Waals surface area (Å²) in [6.45, 7) is 4.47. The fourth-order valence-corrected chi connectivity index (χ4v) is 2.90. The van der Waals surface area contributed by atoms with Crippen molar-refractivity contribution in [2.24, 2.45) is 5.92 Å². The van der Waals surface area contributed by atoms with Crippen molar-refractivity contribution in [3.8, 4) is 22.6 Å². The van der Waals surface area contributed by atoms with Crippen LogP contribution < -0.4 is 0 Å². The van der Waals surface area contributed by atoms with Gasteiger partial charge < -0.3 is 10.2 Å². The molecule has 1 atom stereocenters. The van der Waals surface area contributed by atoms with Gasteiger partial charge in [-0.25, -0.2) is 0 Å². The Balaban J connectivity index is 2.25. The van der Waals surface area contributed by atoms with Gasteiger partial charge in [0, 0.05) is 11.1 Å². The maximum atomic E-state index is 10.1. The molecule has 2 N–H and O–H groups in total. The van der Waals surface area contributed by atoms with E-state index < -0.39 is 0 Å². The van der Waals surface area contributed by atoms with Gasteiger partial charge in [-0.15, -0.1) is 0 Å². The SMILES string of the molecule is CCCCC(CC)Cc1ccc(O)c(-c2ccccc2O)c1. The Labute approximate surface area is 133 Å². The second-order valence-electron chi connectivity index (χ2n) is 5.99. The first kappa shape index (κ1) is 16.4. The molecular formula is C20H26O2. The third-order valence-corrected chi connectivity index (χ3v) is 4.32. The van der Waals surface area contributed by atoms with Crippen LogP contribution in [0.4, 0.5) is 0 Å². The Bertz CT molecular complexity index is 604. The molecule has 0 spiro atoms. The van der Waals surface area contributed by atoms with Gasteiger partial charge in [-0.2, -0.15) is 0 Å². The summed E-state index contributed by atoms with van der Waals surface area (Å²) in [6.07, 6.45) is 5.95. The number of phenolic OH excluding ortho intramolecular Hbond substituents is 2. The predicted octanol–water partition coefficient (Wildman–Crippen LogP) is 5.52. The minimum absolute atomic E-state index is 0.202. The van der Waals surface area contributed by atoms with E-state index in [0.29, 0.717) is 17.0 Å². The lowest BCUT2D eigenvalue weighted by atomic mass is 9.90. The number of para-hydroxylation sites is 1. The maximum absolute atomic E-state index is 10.1. The zero-order chi connectivity index (χ0) is 15.9. The lowest BCUT2D eigenvalue weighted by Crippen LogP contribution is -2.03. The van der Waals surface area contributed by atoms with Gasteiger partial charge in [0.25, 0.3) is 0 Å². The molecule has 118 valence electrons. The van der Waals surface area contributed by atoms with Crippen LogP contribution in [0.25, 0.3) is 11.1 Å². The number of benzene rings is 2. The van der Waals surface area contributed by atoms with Crippen LogP contribution in [0.2, 0.25) is 0 Å². The molecule has 0 aliphatic heterocycles. The van der Waals surface area contributed by atoms with E-state index in [9.17, 15) is 10.2 Å². The molecule has 2 aromatic carbocycles. The van der Waals surface area contributed by atoms with Gasteiger partial charge in [0.05, 0.1) is 0 Å². The smallest absolute Gasteiger partial charge is 0.123 e. The number of hydrogen-bond donors (Lipinski definition) is 2. The van der Waals surface area contributed by atoms with E-state index in [0.717, 1.165) is 6.42 Å². The number of rotatable bonds is 7. The number of unbranched alkanes of at least 4 members (excludes halogenated alkanes) is 1. The monoisotopic (exact) mass is 298 g/mol. The van der Waals surface area contributed by atoms with E-state index in [-0.39, 0.29) is 11.5 Å². The second-order valence-corrected chi connectivity index (χ2v) is 5.99. The van der Waals surface area contributed by atoms with Crippen molar-refractivity contribution < 1.29 is 10.2 Å². The van der Waals surface area contributed by atoms with E-state index in [1.807, 2.05) is 24.3 Å². The molecule has 22 heavy (non-hydrogen) atoms.